The molecule has 4 nitrogen and oxygen atoms in total. The van der Waals surface area contributed by atoms with Gasteiger partial charge in [0.1, 0.15) is 0 Å². The summed E-state index contributed by atoms with van der Waals surface area (Å²) in [5, 5.41) is 14.1. The van der Waals surface area contributed by atoms with Crippen LogP contribution in [0.15, 0.2) is 0 Å². The van der Waals surface area contributed by atoms with E-state index in [1.54, 1.807) is 4.90 Å². The first-order valence-electron chi connectivity index (χ1n) is 8.81. The molecule has 1 heterocycles. The van der Waals surface area contributed by atoms with Crippen LogP contribution in [-0.2, 0) is 4.79 Å². The summed E-state index contributed by atoms with van der Waals surface area (Å²) in [5.41, 5.74) is -0.632. The summed E-state index contributed by atoms with van der Waals surface area (Å²) in [5.74, 6) is 0.964. The Morgan fingerprint density at radius 3 is 2.62 bits per heavy atom. The van der Waals surface area contributed by atoms with E-state index < -0.39 is 5.60 Å². The lowest BCUT2D eigenvalue weighted by Crippen LogP contribution is -2.56. The zero-order chi connectivity index (χ0) is 14.9. The fourth-order valence-electron chi connectivity index (χ4n) is 4.67. The molecule has 0 aromatic carbocycles. The van der Waals surface area contributed by atoms with Crippen molar-refractivity contribution in [1.82, 2.24) is 10.2 Å². The van der Waals surface area contributed by atoms with Gasteiger partial charge in [0.15, 0.2) is 0 Å². The molecule has 2 aliphatic carbocycles. The lowest BCUT2D eigenvalue weighted by Gasteiger charge is -2.41. The molecule has 2 N–H and O–H groups in total. The number of hydrogen-bond donors (Lipinski definition) is 2. The van der Waals surface area contributed by atoms with Crippen molar-refractivity contribution in [2.75, 3.05) is 13.6 Å². The molecule has 0 spiro atoms. The molecular weight excluding hydrogens is 264 g/mol. The molecule has 0 aromatic heterocycles. The van der Waals surface area contributed by atoms with Crippen LogP contribution in [0, 0.1) is 5.92 Å². The number of likely N-dealkylation sites (N-methyl/N-ethyl adjacent to an activating group) is 1. The number of rotatable bonds is 3. The topological polar surface area (TPSA) is 52.6 Å². The number of hydrogen-bond acceptors (Lipinski definition) is 3. The van der Waals surface area contributed by atoms with E-state index in [-0.39, 0.29) is 11.9 Å². The maximum atomic E-state index is 12.7. The molecule has 0 bridgehead atoms. The van der Waals surface area contributed by atoms with Crippen molar-refractivity contribution in [2.24, 2.45) is 5.92 Å². The minimum atomic E-state index is -0.632. The second kappa shape index (κ2) is 6.25. The molecule has 3 atom stereocenters. The predicted molar refractivity (Wildman–Crippen MR) is 83.0 cm³/mol. The fourth-order valence-corrected chi connectivity index (χ4v) is 4.67. The number of piperidine rings is 1. The van der Waals surface area contributed by atoms with E-state index in [9.17, 15) is 9.90 Å². The van der Waals surface area contributed by atoms with E-state index in [0.29, 0.717) is 12.6 Å². The molecule has 1 amide bonds. The van der Waals surface area contributed by atoms with Crippen molar-refractivity contribution in [3.05, 3.63) is 0 Å². The van der Waals surface area contributed by atoms with Gasteiger partial charge in [0, 0.05) is 19.6 Å². The van der Waals surface area contributed by atoms with Gasteiger partial charge >= 0.3 is 0 Å². The Kier molecular flexibility index (Phi) is 4.55. The lowest BCUT2D eigenvalue weighted by atomic mass is 9.77. The number of nitrogens with zero attached hydrogens (tertiary/aromatic N) is 1. The highest BCUT2D eigenvalue weighted by Crippen LogP contribution is 2.33. The summed E-state index contributed by atoms with van der Waals surface area (Å²) in [6, 6.07) is 0.517. The average Bonchev–Trinajstić information content (AvgIpc) is 2.92. The summed E-state index contributed by atoms with van der Waals surface area (Å²) >= 11 is 0. The molecule has 3 fully saturated rings. The van der Waals surface area contributed by atoms with E-state index in [2.05, 4.69) is 5.32 Å². The molecule has 21 heavy (non-hydrogen) atoms. The Morgan fingerprint density at radius 2 is 1.86 bits per heavy atom. The molecule has 1 saturated heterocycles. The third kappa shape index (κ3) is 3.42. The standard InChI is InChI=1S/C17H30N2O2/c1-19(12-17(21)10-4-5-11-17)16(20)15-9-8-13-6-2-3-7-14(13)18-15/h13-15,18,21H,2-12H2,1H3. The first-order chi connectivity index (χ1) is 10.1. The van der Waals surface area contributed by atoms with Crippen molar-refractivity contribution >= 4 is 5.91 Å². The molecule has 1 aliphatic heterocycles. The largest absolute Gasteiger partial charge is 0.388 e. The zero-order valence-electron chi connectivity index (χ0n) is 13.3. The van der Waals surface area contributed by atoms with Gasteiger partial charge in [0.05, 0.1) is 11.6 Å². The number of amides is 1. The summed E-state index contributed by atoms with van der Waals surface area (Å²) in [6.45, 7) is 0.498. The quantitative estimate of drug-likeness (QED) is 0.838. The second-order valence-electron chi connectivity index (χ2n) is 7.57. The number of carbonyl (C=O) groups is 1. The molecule has 0 radical (unpaired) electrons. The van der Waals surface area contributed by atoms with Crippen LogP contribution in [0.3, 0.4) is 0 Å². The first kappa shape index (κ1) is 15.3. The van der Waals surface area contributed by atoms with Crippen LogP contribution in [0.1, 0.15) is 64.2 Å². The minimum Gasteiger partial charge on any atom is -0.388 e. The summed E-state index contributed by atoms with van der Waals surface area (Å²) in [7, 11) is 1.85. The third-order valence-electron chi connectivity index (χ3n) is 5.89. The number of carbonyl (C=O) groups excluding carboxylic acids is 1. The predicted octanol–water partition coefficient (Wildman–Crippen LogP) is 2.06. The zero-order valence-corrected chi connectivity index (χ0v) is 13.3. The highest BCUT2D eigenvalue weighted by atomic mass is 16.3. The molecule has 2 saturated carbocycles. The fraction of sp³-hybridized carbons (Fsp3) is 0.941. The van der Waals surface area contributed by atoms with Crippen LogP contribution < -0.4 is 5.32 Å². The van der Waals surface area contributed by atoms with E-state index in [4.69, 9.17) is 0 Å². The monoisotopic (exact) mass is 294 g/mol. The van der Waals surface area contributed by atoms with E-state index in [1.807, 2.05) is 7.05 Å². The summed E-state index contributed by atoms with van der Waals surface area (Å²) < 4.78 is 0. The van der Waals surface area contributed by atoms with Gasteiger partial charge in [-0.25, -0.2) is 0 Å². The van der Waals surface area contributed by atoms with Crippen molar-refractivity contribution in [1.29, 1.82) is 0 Å². The van der Waals surface area contributed by atoms with E-state index in [0.717, 1.165) is 38.0 Å². The molecule has 3 aliphatic rings. The van der Waals surface area contributed by atoms with E-state index in [1.165, 1.54) is 32.1 Å². The minimum absolute atomic E-state index is 0.0284. The SMILES string of the molecule is CN(CC1(O)CCCC1)C(=O)C1CCC2CCCCC2N1. The maximum Gasteiger partial charge on any atom is 0.239 e. The van der Waals surface area contributed by atoms with Gasteiger partial charge in [-0.15, -0.1) is 0 Å². The number of aliphatic hydroxyl groups is 1. The second-order valence-corrected chi connectivity index (χ2v) is 7.57. The van der Waals surface area contributed by atoms with Crippen LogP contribution in [-0.4, -0.2) is 47.2 Å². The van der Waals surface area contributed by atoms with Crippen molar-refractivity contribution in [2.45, 2.75) is 81.9 Å². The van der Waals surface area contributed by atoms with Gasteiger partial charge in [-0.2, -0.15) is 0 Å². The van der Waals surface area contributed by atoms with Crippen LogP contribution in [0.4, 0.5) is 0 Å². The van der Waals surface area contributed by atoms with Gasteiger partial charge < -0.3 is 15.3 Å². The number of fused-ring (bicyclic) bond motifs is 1. The van der Waals surface area contributed by atoms with Crippen LogP contribution in [0.2, 0.25) is 0 Å². The Bertz CT molecular complexity index is 379. The van der Waals surface area contributed by atoms with Crippen LogP contribution in [0.5, 0.6) is 0 Å². The smallest absolute Gasteiger partial charge is 0.239 e. The maximum absolute atomic E-state index is 12.7. The Hall–Kier alpha value is -0.610. The van der Waals surface area contributed by atoms with Gasteiger partial charge in [0.25, 0.3) is 0 Å². The summed E-state index contributed by atoms with van der Waals surface area (Å²) in [4.78, 5) is 14.4. The molecular formula is C17H30N2O2. The third-order valence-corrected chi connectivity index (χ3v) is 5.89. The van der Waals surface area contributed by atoms with Crippen LogP contribution >= 0.6 is 0 Å². The molecule has 3 rings (SSSR count). The van der Waals surface area contributed by atoms with E-state index >= 15 is 0 Å². The highest BCUT2D eigenvalue weighted by molar-refractivity contribution is 5.81. The number of nitrogens with one attached hydrogen (secondary N) is 1. The Morgan fingerprint density at radius 1 is 1.14 bits per heavy atom. The molecule has 0 aromatic rings. The van der Waals surface area contributed by atoms with Crippen molar-refractivity contribution < 1.29 is 9.90 Å². The summed E-state index contributed by atoms with van der Waals surface area (Å²) in [6.07, 6.45) is 11.2. The van der Waals surface area contributed by atoms with Gasteiger partial charge in [-0.05, 0) is 44.4 Å². The average molecular weight is 294 g/mol. The molecule has 120 valence electrons. The van der Waals surface area contributed by atoms with Gasteiger partial charge in [0.2, 0.25) is 5.91 Å². The molecule has 4 heteroatoms. The first-order valence-corrected chi connectivity index (χ1v) is 8.81. The van der Waals surface area contributed by atoms with Crippen LogP contribution in [0.25, 0.3) is 0 Å². The highest BCUT2D eigenvalue weighted by Gasteiger charge is 2.38. The van der Waals surface area contributed by atoms with Gasteiger partial charge in [-0.3, -0.25) is 4.79 Å². The molecule has 3 unspecified atom stereocenters. The van der Waals surface area contributed by atoms with Crippen molar-refractivity contribution in [3.8, 4) is 0 Å². The Balaban J connectivity index is 1.54. The van der Waals surface area contributed by atoms with Crippen molar-refractivity contribution in [3.63, 3.8) is 0 Å². The Labute approximate surface area is 128 Å². The van der Waals surface area contributed by atoms with Gasteiger partial charge in [-0.1, -0.05) is 25.7 Å². The normalized spacial score (nSPS) is 35.2. The lowest BCUT2D eigenvalue weighted by molar-refractivity contribution is -0.136.